The molecule has 0 spiro atoms. The second kappa shape index (κ2) is 7.44. The molecular weight excluding hydrogens is 326 g/mol. The molecule has 1 aromatic heterocycles. The lowest BCUT2D eigenvalue weighted by Gasteiger charge is -2.36. The zero-order chi connectivity index (χ0) is 18.8. The Kier molecular flexibility index (Phi) is 5.25. The van der Waals surface area contributed by atoms with Crippen LogP contribution in [0.1, 0.15) is 41.6 Å². The Morgan fingerprint density at radius 3 is 2.31 bits per heavy atom. The van der Waals surface area contributed by atoms with Gasteiger partial charge in [0, 0.05) is 43.6 Å². The number of anilines is 1. The normalized spacial score (nSPS) is 14.8. The molecule has 1 aromatic carbocycles. The maximum absolute atomic E-state index is 13.0. The van der Waals surface area contributed by atoms with Crippen molar-refractivity contribution in [2.24, 2.45) is 0 Å². The zero-order valence-electron chi connectivity index (χ0n) is 16.5. The molecule has 3 rings (SSSR count). The molecule has 0 unspecified atom stereocenters. The minimum atomic E-state index is 0.143. The number of aryl methyl sites for hydroxylation is 1. The topological polar surface area (TPSA) is 37.7 Å². The molecule has 1 amide bonds. The van der Waals surface area contributed by atoms with Crippen LogP contribution < -0.4 is 9.64 Å². The molecule has 0 atom stereocenters. The minimum absolute atomic E-state index is 0.143. The van der Waals surface area contributed by atoms with Crippen molar-refractivity contribution >= 4 is 11.6 Å². The van der Waals surface area contributed by atoms with Crippen LogP contribution in [0.15, 0.2) is 30.3 Å². The number of carbonyl (C=O) groups excluding carboxylic acids is 1. The number of amides is 1. The van der Waals surface area contributed by atoms with Crippen molar-refractivity contribution in [3.8, 4) is 5.75 Å². The summed E-state index contributed by atoms with van der Waals surface area (Å²) in [5.74, 6) is 1.03. The van der Waals surface area contributed by atoms with Crippen LogP contribution in [0.4, 0.5) is 5.69 Å². The van der Waals surface area contributed by atoms with Gasteiger partial charge >= 0.3 is 0 Å². The summed E-state index contributed by atoms with van der Waals surface area (Å²) in [6.45, 7) is 11.5. The highest BCUT2D eigenvalue weighted by molar-refractivity contribution is 5.96. The molecule has 2 heterocycles. The van der Waals surface area contributed by atoms with Crippen LogP contribution in [0.3, 0.4) is 0 Å². The number of methoxy groups -OCH3 is 1. The third-order valence-corrected chi connectivity index (χ3v) is 5.22. The van der Waals surface area contributed by atoms with Crippen LogP contribution in [0.25, 0.3) is 0 Å². The minimum Gasteiger partial charge on any atom is -0.495 e. The van der Waals surface area contributed by atoms with E-state index in [0.29, 0.717) is 6.04 Å². The number of aromatic nitrogens is 1. The smallest absolute Gasteiger partial charge is 0.255 e. The van der Waals surface area contributed by atoms with Gasteiger partial charge in [-0.05, 0) is 45.9 Å². The van der Waals surface area contributed by atoms with Crippen molar-refractivity contribution in [1.82, 2.24) is 9.47 Å². The lowest BCUT2D eigenvalue weighted by molar-refractivity contribution is 0.0746. The molecule has 5 nitrogen and oxygen atoms in total. The van der Waals surface area contributed by atoms with Crippen molar-refractivity contribution < 1.29 is 9.53 Å². The molecule has 0 bridgehead atoms. The third kappa shape index (κ3) is 3.30. The number of rotatable bonds is 4. The summed E-state index contributed by atoms with van der Waals surface area (Å²) in [7, 11) is 1.70. The van der Waals surface area contributed by atoms with E-state index in [1.807, 2.05) is 36.1 Å². The van der Waals surface area contributed by atoms with Crippen LogP contribution in [0, 0.1) is 13.8 Å². The quantitative estimate of drug-likeness (QED) is 0.840. The van der Waals surface area contributed by atoms with E-state index >= 15 is 0 Å². The number of benzene rings is 1. The highest BCUT2D eigenvalue weighted by atomic mass is 16.5. The van der Waals surface area contributed by atoms with Gasteiger partial charge in [0.05, 0.1) is 18.4 Å². The molecule has 1 aliphatic rings. The Balaban J connectivity index is 1.72. The first kappa shape index (κ1) is 18.4. The van der Waals surface area contributed by atoms with Gasteiger partial charge in [-0.15, -0.1) is 0 Å². The maximum atomic E-state index is 13.0. The average Bonchev–Trinajstić information content (AvgIpc) is 2.95. The summed E-state index contributed by atoms with van der Waals surface area (Å²) in [5, 5.41) is 0. The molecule has 5 heteroatoms. The van der Waals surface area contributed by atoms with Crippen molar-refractivity contribution in [3.05, 3.63) is 47.3 Å². The van der Waals surface area contributed by atoms with Gasteiger partial charge in [-0.25, -0.2) is 0 Å². The first-order valence-corrected chi connectivity index (χ1v) is 9.29. The van der Waals surface area contributed by atoms with Crippen LogP contribution in [-0.4, -0.2) is 48.7 Å². The van der Waals surface area contributed by atoms with Gasteiger partial charge < -0.3 is 19.1 Å². The summed E-state index contributed by atoms with van der Waals surface area (Å²) in [6, 6.07) is 10.5. The summed E-state index contributed by atoms with van der Waals surface area (Å²) in [6.07, 6.45) is 0. The number of carbonyl (C=O) groups is 1. The Morgan fingerprint density at radius 2 is 1.73 bits per heavy atom. The summed E-state index contributed by atoms with van der Waals surface area (Å²) in [5.41, 5.74) is 4.14. The fourth-order valence-electron chi connectivity index (χ4n) is 4.00. The lowest BCUT2D eigenvalue weighted by Crippen LogP contribution is -2.49. The highest BCUT2D eigenvalue weighted by Crippen LogP contribution is 2.29. The molecule has 0 N–H and O–H groups in total. The predicted molar refractivity (Wildman–Crippen MR) is 105 cm³/mol. The third-order valence-electron chi connectivity index (χ3n) is 5.22. The van der Waals surface area contributed by atoms with Gasteiger partial charge in [-0.3, -0.25) is 4.79 Å². The van der Waals surface area contributed by atoms with E-state index in [0.717, 1.165) is 54.6 Å². The molecule has 0 saturated carbocycles. The van der Waals surface area contributed by atoms with Crippen molar-refractivity contribution in [2.45, 2.75) is 33.7 Å². The van der Waals surface area contributed by atoms with Gasteiger partial charge in [0.15, 0.2) is 0 Å². The molecule has 1 aliphatic heterocycles. The number of ether oxygens (including phenoxy) is 1. The maximum Gasteiger partial charge on any atom is 0.255 e. The van der Waals surface area contributed by atoms with Crippen molar-refractivity contribution in [1.29, 1.82) is 0 Å². The van der Waals surface area contributed by atoms with E-state index in [1.165, 1.54) is 0 Å². The Hall–Kier alpha value is -2.43. The number of piperazine rings is 1. The molecule has 1 saturated heterocycles. The van der Waals surface area contributed by atoms with E-state index in [2.05, 4.69) is 36.3 Å². The second-order valence-electron chi connectivity index (χ2n) is 7.20. The SMILES string of the molecule is COc1ccccc1N1CCN(C(=O)c2cc(C)n(C(C)C)c2C)CC1. The first-order chi connectivity index (χ1) is 12.4. The molecule has 140 valence electrons. The number of hydrogen-bond acceptors (Lipinski definition) is 3. The number of hydrogen-bond donors (Lipinski definition) is 0. The van der Waals surface area contributed by atoms with Gasteiger partial charge in [-0.2, -0.15) is 0 Å². The van der Waals surface area contributed by atoms with Gasteiger partial charge in [0.25, 0.3) is 5.91 Å². The Bertz CT molecular complexity index is 787. The molecular formula is C21H29N3O2. The van der Waals surface area contributed by atoms with Crippen LogP contribution >= 0.6 is 0 Å². The van der Waals surface area contributed by atoms with Gasteiger partial charge in [0.1, 0.15) is 5.75 Å². The fraction of sp³-hybridized carbons (Fsp3) is 0.476. The summed E-state index contributed by atoms with van der Waals surface area (Å²) in [4.78, 5) is 17.3. The van der Waals surface area contributed by atoms with Crippen LogP contribution in [0.5, 0.6) is 5.75 Å². The molecule has 2 aromatic rings. The average molecular weight is 355 g/mol. The lowest BCUT2D eigenvalue weighted by atomic mass is 10.1. The molecule has 1 fully saturated rings. The predicted octanol–water partition coefficient (Wildman–Crippen LogP) is 3.66. The Morgan fingerprint density at radius 1 is 1.08 bits per heavy atom. The molecule has 26 heavy (non-hydrogen) atoms. The second-order valence-corrected chi connectivity index (χ2v) is 7.20. The van der Waals surface area contributed by atoms with Crippen LogP contribution in [0.2, 0.25) is 0 Å². The highest BCUT2D eigenvalue weighted by Gasteiger charge is 2.26. The monoisotopic (exact) mass is 355 g/mol. The van der Waals surface area contributed by atoms with E-state index in [4.69, 9.17) is 4.74 Å². The first-order valence-electron chi connectivity index (χ1n) is 9.29. The molecule has 0 radical (unpaired) electrons. The van der Waals surface area contributed by atoms with E-state index in [-0.39, 0.29) is 5.91 Å². The molecule has 0 aliphatic carbocycles. The summed E-state index contributed by atoms with van der Waals surface area (Å²) < 4.78 is 7.71. The van der Waals surface area contributed by atoms with E-state index in [1.54, 1.807) is 7.11 Å². The Labute approximate surface area is 156 Å². The van der Waals surface area contributed by atoms with Crippen LogP contribution in [-0.2, 0) is 0 Å². The van der Waals surface area contributed by atoms with Gasteiger partial charge in [-0.1, -0.05) is 12.1 Å². The van der Waals surface area contributed by atoms with Crippen molar-refractivity contribution in [2.75, 3.05) is 38.2 Å². The fourth-order valence-corrected chi connectivity index (χ4v) is 4.00. The van der Waals surface area contributed by atoms with Gasteiger partial charge in [0.2, 0.25) is 0 Å². The number of nitrogens with zero attached hydrogens (tertiary/aromatic N) is 3. The zero-order valence-corrected chi connectivity index (χ0v) is 16.5. The largest absolute Gasteiger partial charge is 0.495 e. The standard InChI is InChI=1S/C21H29N3O2/c1-15(2)24-16(3)14-18(17(24)4)21(25)23-12-10-22(11-13-23)19-8-6-7-9-20(19)26-5/h6-9,14-15H,10-13H2,1-5H3. The van der Waals surface area contributed by atoms with Crippen molar-refractivity contribution in [3.63, 3.8) is 0 Å². The van der Waals surface area contributed by atoms with E-state index < -0.39 is 0 Å². The summed E-state index contributed by atoms with van der Waals surface area (Å²) >= 11 is 0. The number of para-hydroxylation sites is 2. The van der Waals surface area contributed by atoms with E-state index in [9.17, 15) is 4.79 Å².